The van der Waals surface area contributed by atoms with E-state index in [-0.39, 0.29) is 11.6 Å². The van der Waals surface area contributed by atoms with Crippen molar-refractivity contribution < 1.29 is 17.6 Å². The van der Waals surface area contributed by atoms with E-state index in [1.807, 2.05) is 26.0 Å². The molecule has 2 heterocycles. The van der Waals surface area contributed by atoms with Crippen LogP contribution in [0, 0.1) is 53.2 Å². The van der Waals surface area contributed by atoms with Crippen LogP contribution in [0.4, 0.5) is 8.78 Å². The molecule has 12 aromatic rings. The molecule has 2 aromatic heterocycles. The molecule has 0 fully saturated rings. The first-order chi connectivity index (χ1) is 29.9. The van der Waals surface area contributed by atoms with Crippen LogP contribution in [0.15, 0.2) is 142 Å². The maximum Gasteiger partial charge on any atom is 0.143 e. The summed E-state index contributed by atoms with van der Waals surface area (Å²) in [5.74, 6) is -0.492. The van der Waals surface area contributed by atoms with Gasteiger partial charge < -0.3 is 8.83 Å². The van der Waals surface area contributed by atoms with Crippen LogP contribution in [0.5, 0.6) is 0 Å². The number of benzene rings is 10. The molecule has 0 N–H and O–H groups in total. The SMILES string of the molecule is Cc1cc(C)cc(-c2cc3c4oc5cc(-c6ccc(F)cc6C)ccc5c4cc4c(-c5cc(C)cc(C)c5)cc5c6oc7cc(-c8ccc(F)cc8C)ccc7c6cc2c5c43)c1. The third-order valence-electron chi connectivity index (χ3n) is 13.1. The van der Waals surface area contributed by atoms with Crippen LogP contribution >= 0.6 is 0 Å². The van der Waals surface area contributed by atoms with Crippen molar-refractivity contribution in [3.63, 3.8) is 0 Å². The first-order valence-electron chi connectivity index (χ1n) is 21.2. The third-order valence-corrected chi connectivity index (χ3v) is 13.1. The van der Waals surface area contributed by atoms with Crippen LogP contribution in [-0.4, -0.2) is 0 Å². The summed E-state index contributed by atoms with van der Waals surface area (Å²) < 4.78 is 42.5. The van der Waals surface area contributed by atoms with Gasteiger partial charge in [0, 0.05) is 43.1 Å². The lowest BCUT2D eigenvalue weighted by Crippen LogP contribution is -1.93. The molecule has 0 bridgehead atoms. The monoisotopic (exact) mass is 806 g/mol. The highest BCUT2D eigenvalue weighted by Crippen LogP contribution is 2.51. The molecule has 62 heavy (non-hydrogen) atoms. The molecular formula is C58H40F2O2. The van der Waals surface area contributed by atoms with E-state index in [0.29, 0.717) is 0 Å². The van der Waals surface area contributed by atoms with Gasteiger partial charge in [-0.2, -0.15) is 0 Å². The van der Waals surface area contributed by atoms with Crippen molar-refractivity contribution in [2.75, 3.05) is 0 Å². The van der Waals surface area contributed by atoms with Crippen molar-refractivity contribution in [3.05, 3.63) is 178 Å². The average Bonchev–Trinajstić information content (AvgIpc) is 3.79. The van der Waals surface area contributed by atoms with Crippen molar-refractivity contribution in [1.29, 1.82) is 0 Å². The zero-order valence-electron chi connectivity index (χ0n) is 35.3. The summed E-state index contributed by atoms with van der Waals surface area (Å²) in [6.45, 7) is 12.5. The van der Waals surface area contributed by atoms with E-state index in [1.165, 1.54) is 34.4 Å². The Bertz CT molecular complexity index is 3600. The van der Waals surface area contributed by atoms with Crippen LogP contribution in [0.25, 0.3) is 121 Å². The summed E-state index contributed by atoms with van der Waals surface area (Å²) in [5, 5.41) is 10.8. The van der Waals surface area contributed by atoms with Gasteiger partial charge in [-0.3, -0.25) is 0 Å². The third kappa shape index (κ3) is 5.45. The lowest BCUT2D eigenvalue weighted by molar-refractivity contribution is 0.626. The van der Waals surface area contributed by atoms with Gasteiger partial charge in [-0.15, -0.1) is 0 Å². The van der Waals surface area contributed by atoms with Crippen molar-refractivity contribution in [3.8, 4) is 44.5 Å². The Morgan fingerprint density at radius 2 is 0.710 bits per heavy atom. The summed E-state index contributed by atoms with van der Waals surface area (Å²) in [6.07, 6.45) is 0. The molecule has 4 heteroatoms. The fourth-order valence-electron chi connectivity index (χ4n) is 10.5. The first-order valence-corrected chi connectivity index (χ1v) is 21.2. The highest BCUT2D eigenvalue weighted by atomic mass is 19.1. The van der Waals surface area contributed by atoms with E-state index in [1.54, 1.807) is 12.1 Å². The Labute approximate surface area is 357 Å². The molecule has 0 aliphatic heterocycles. The second-order valence-corrected chi connectivity index (χ2v) is 17.6. The number of furan rings is 2. The van der Waals surface area contributed by atoms with Gasteiger partial charge in [0.25, 0.3) is 0 Å². The molecule has 0 aliphatic rings. The molecular weight excluding hydrogens is 767 g/mol. The van der Waals surface area contributed by atoms with Crippen molar-refractivity contribution in [2.24, 2.45) is 0 Å². The van der Waals surface area contributed by atoms with Gasteiger partial charge in [0.05, 0.1) is 0 Å². The van der Waals surface area contributed by atoms with Gasteiger partial charge >= 0.3 is 0 Å². The summed E-state index contributed by atoms with van der Waals surface area (Å²) in [6, 6.07) is 45.5. The van der Waals surface area contributed by atoms with E-state index in [2.05, 4.69) is 125 Å². The van der Waals surface area contributed by atoms with E-state index in [4.69, 9.17) is 8.83 Å². The summed E-state index contributed by atoms with van der Waals surface area (Å²) in [7, 11) is 0. The molecule has 12 rings (SSSR count). The second-order valence-electron chi connectivity index (χ2n) is 17.6. The van der Waals surface area contributed by atoms with Crippen LogP contribution in [0.3, 0.4) is 0 Å². The van der Waals surface area contributed by atoms with E-state index >= 15 is 0 Å². The van der Waals surface area contributed by atoms with Crippen LogP contribution in [0.1, 0.15) is 33.4 Å². The highest BCUT2D eigenvalue weighted by molar-refractivity contribution is 6.38. The normalized spacial score (nSPS) is 12.2. The van der Waals surface area contributed by atoms with Gasteiger partial charge in [0.15, 0.2) is 0 Å². The molecule has 0 radical (unpaired) electrons. The zero-order chi connectivity index (χ0) is 42.3. The molecule has 0 aliphatic carbocycles. The van der Waals surface area contributed by atoms with Gasteiger partial charge in [-0.25, -0.2) is 8.78 Å². The van der Waals surface area contributed by atoms with Crippen LogP contribution < -0.4 is 0 Å². The standard InChI is InChI=1S/C58H40F2O2/c1-29-15-30(2)18-37(17-29)45-25-51-56-48(28-50-44-12-8-36(24-54(44)61-57(50)51)42-14-10-40(60)22-34(42)6)46(38-19-31(3)16-32(4)20-38)26-52-55(56)47(45)27-49-43-11-7-35(23-53(43)62-58(49)52)41-13-9-39(59)21-33(41)5/h7-28H,1-6H3. The molecule has 298 valence electrons. The number of hydrogen-bond donors (Lipinski definition) is 0. The predicted octanol–water partition coefficient (Wildman–Crippen LogP) is 17.2. The maximum atomic E-state index is 14.2. The van der Waals surface area contributed by atoms with Gasteiger partial charge in [-0.05, 0) is 181 Å². The van der Waals surface area contributed by atoms with Gasteiger partial charge in [0.2, 0.25) is 0 Å². The van der Waals surface area contributed by atoms with E-state index in [0.717, 1.165) is 132 Å². The molecule has 0 unspecified atom stereocenters. The predicted molar refractivity (Wildman–Crippen MR) is 255 cm³/mol. The zero-order valence-corrected chi connectivity index (χ0v) is 35.3. The van der Waals surface area contributed by atoms with Crippen LogP contribution in [-0.2, 0) is 0 Å². The minimum absolute atomic E-state index is 0.246. The Balaban J connectivity index is 1.25. The number of aryl methyl sites for hydroxylation is 6. The summed E-state index contributed by atoms with van der Waals surface area (Å²) >= 11 is 0. The van der Waals surface area contributed by atoms with Crippen molar-refractivity contribution >= 4 is 76.2 Å². The summed E-state index contributed by atoms with van der Waals surface area (Å²) in [5.41, 5.74) is 18.2. The Hall–Kier alpha value is -7.30. The lowest BCUT2D eigenvalue weighted by Gasteiger charge is -2.19. The lowest BCUT2D eigenvalue weighted by atomic mass is 9.83. The fraction of sp³-hybridized carbons (Fsp3) is 0.103. The second kappa shape index (κ2) is 13.1. The molecule has 0 amide bonds. The van der Waals surface area contributed by atoms with Crippen molar-refractivity contribution in [2.45, 2.75) is 41.5 Å². The number of rotatable bonds is 4. The first kappa shape index (κ1) is 36.5. The van der Waals surface area contributed by atoms with Crippen LogP contribution in [0.2, 0.25) is 0 Å². The molecule has 0 spiro atoms. The fourth-order valence-corrected chi connectivity index (χ4v) is 10.5. The minimum Gasteiger partial charge on any atom is -0.455 e. The molecule has 0 saturated carbocycles. The maximum absolute atomic E-state index is 14.2. The topological polar surface area (TPSA) is 26.3 Å². The van der Waals surface area contributed by atoms with Gasteiger partial charge in [0.1, 0.15) is 34.0 Å². The number of fused-ring (bicyclic) bond motifs is 8. The van der Waals surface area contributed by atoms with Crippen molar-refractivity contribution in [1.82, 2.24) is 0 Å². The smallest absolute Gasteiger partial charge is 0.143 e. The molecule has 10 aromatic carbocycles. The highest BCUT2D eigenvalue weighted by Gasteiger charge is 2.25. The van der Waals surface area contributed by atoms with E-state index in [9.17, 15) is 8.78 Å². The molecule has 2 nitrogen and oxygen atoms in total. The molecule has 0 atom stereocenters. The molecule has 0 saturated heterocycles. The summed E-state index contributed by atoms with van der Waals surface area (Å²) in [4.78, 5) is 0. The number of halogens is 2. The average molecular weight is 807 g/mol. The largest absolute Gasteiger partial charge is 0.455 e. The van der Waals surface area contributed by atoms with E-state index < -0.39 is 0 Å². The Morgan fingerprint density at radius 3 is 1.10 bits per heavy atom. The van der Waals surface area contributed by atoms with Gasteiger partial charge in [-0.1, -0.05) is 82.9 Å². The number of hydrogen-bond acceptors (Lipinski definition) is 2. The minimum atomic E-state index is -0.246. The Kier molecular flexibility index (Phi) is 7.72. The quantitative estimate of drug-likeness (QED) is 0.166. The Morgan fingerprint density at radius 1 is 0.306 bits per heavy atom.